The molecule has 2 heterocycles. The van der Waals surface area contributed by atoms with Crippen LogP contribution < -0.4 is 10.3 Å². The molecule has 2 saturated carbocycles. The van der Waals surface area contributed by atoms with Gasteiger partial charge in [0.1, 0.15) is 5.39 Å². The molecule has 0 saturated heterocycles. The predicted molar refractivity (Wildman–Crippen MR) is 77.8 cm³/mol. The quantitative estimate of drug-likeness (QED) is 0.883. The summed E-state index contributed by atoms with van der Waals surface area (Å²) in [7, 11) is 1.40. The van der Waals surface area contributed by atoms with Crippen molar-refractivity contribution < 1.29 is 9.13 Å². The van der Waals surface area contributed by atoms with Crippen molar-refractivity contribution in [3.8, 4) is 5.88 Å². The fraction of sp³-hybridized carbons (Fsp3) is 0.467. The topological polar surface area (TPSA) is 55.0 Å². The Bertz CT molecular complexity index is 810. The van der Waals surface area contributed by atoms with E-state index in [1.54, 1.807) is 0 Å². The van der Waals surface area contributed by atoms with E-state index in [1.165, 1.54) is 7.11 Å². The number of nitrogens with zero attached hydrogens (tertiary/aromatic N) is 1. The Morgan fingerprint density at radius 1 is 1.24 bits per heavy atom. The Labute approximate surface area is 125 Å². The number of aromatic nitrogens is 2. The highest BCUT2D eigenvalue weighted by Crippen LogP contribution is 2.51. The number of nitrogens with one attached hydrogen (secondary N) is 1. The van der Waals surface area contributed by atoms with Crippen molar-refractivity contribution in [3.05, 3.63) is 32.6 Å². The molecule has 110 valence electrons. The second-order valence-electron chi connectivity index (χ2n) is 5.81. The zero-order valence-electron chi connectivity index (χ0n) is 11.5. The van der Waals surface area contributed by atoms with Crippen LogP contribution in [-0.4, -0.2) is 17.1 Å². The molecule has 0 atom stereocenters. The minimum atomic E-state index is -0.609. The molecular formula is C15H14ClFN2O2. The Balaban J connectivity index is 2.18. The van der Waals surface area contributed by atoms with Gasteiger partial charge in [-0.1, -0.05) is 11.6 Å². The molecule has 0 bridgehead atoms. The average molecular weight is 309 g/mol. The summed E-state index contributed by atoms with van der Waals surface area (Å²) in [5.74, 6) is 0.122. The molecule has 4 nitrogen and oxygen atoms in total. The number of methoxy groups -OCH3 is 1. The van der Waals surface area contributed by atoms with Gasteiger partial charge in [-0.2, -0.15) is 4.98 Å². The lowest BCUT2D eigenvalue weighted by Gasteiger charge is -2.14. The van der Waals surface area contributed by atoms with E-state index in [0.29, 0.717) is 17.2 Å². The summed E-state index contributed by atoms with van der Waals surface area (Å²) < 4.78 is 19.7. The van der Waals surface area contributed by atoms with Gasteiger partial charge < -0.3 is 9.72 Å². The predicted octanol–water partition coefficient (Wildman–Crippen LogP) is 3.48. The van der Waals surface area contributed by atoms with Crippen LogP contribution in [0.2, 0.25) is 5.15 Å². The van der Waals surface area contributed by atoms with Crippen molar-refractivity contribution in [2.75, 3.05) is 7.11 Å². The van der Waals surface area contributed by atoms with E-state index < -0.39 is 5.82 Å². The zero-order chi connectivity index (χ0) is 14.7. The van der Waals surface area contributed by atoms with E-state index in [2.05, 4.69) is 9.97 Å². The Morgan fingerprint density at radius 2 is 1.90 bits per heavy atom. The van der Waals surface area contributed by atoms with Crippen LogP contribution in [-0.2, 0) is 0 Å². The Kier molecular flexibility index (Phi) is 2.76. The second kappa shape index (κ2) is 4.44. The Morgan fingerprint density at radius 3 is 2.48 bits per heavy atom. The maximum atomic E-state index is 14.6. The van der Waals surface area contributed by atoms with Crippen LogP contribution in [0, 0.1) is 5.82 Å². The summed E-state index contributed by atoms with van der Waals surface area (Å²) in [6.45, 7) is 0. The highest BCUT2D eigenvalue weighted by Gasteiger charge is 2.37. The third-order valence-corrected chi connectivity index (χ3v) is 4.51. The van der Waals surface area contributed by atoms with Crippen LogP contribution >= 0.6 is 11.6 Å². The van der Waals surface area contributed by atoms with E-state index >= 15 is 0 Å². The molecule has 21 heavy (non-hydrogen) atoms. The van der Waals surface area contributed by atoms with E-state index in [9.17, 15) is 9.18 Å². The van der Waals surface area contributed by atoms with Gasteiger partial charge in [0.05, 0.1) is 7.11 Å². The number of rotatable bonds is 3. The van der Waals surface area contributed by atoms with Gasteiger partial charge >= 0.3 is 0 Å². The van der Waals surface area contributed by atoms with Crippen molar-refractivity contribution >= 4 is 22.4 Å². The second-order valence-corrected chi connectivity index (χ2v) is 6.16. The first kappa shape index (κ1) is 13.1. The molecule has 2 aromatic heterocycles. The highest BCUT2D eigenvalue weighted by molar-refractivity contribution is 6.30. The van der Waals surface area contributed by atoms with Gasteiger partial charge in [0.2, 0.25) is 5.88 Å². The van der Waals surface area contributed by atoms with E-state index in [4.69, 9.17) is 16.3 Å². The number of pyridine rings is 2. The van der Waals surface area contributed by atoms with E-state index in [0.717, 1.165) is 36.9 Å². The van der Waals surface area contributed by atoms with Gasteiger partial charge in [-0.25, -0.2) is 4.39 Å². The first-order valence-electron chi connectivity index (χ1n) is 7.10. The van der Waals surface area contributed by atoms with Gasteiger partial charge in [-0.05, 0) is 43.1 Å². The smallest absolute Gasteiger partial charge is 0.261 e. The lowest BCUT2D eigenvalue weighted by molar-refractivity contribution is 0.401. The number of aromatic amines is 1. The van der Waals surface area contributed by atoms with Gasteiger partial charge in [-0.3, -0.25) is 4.79 Å². The summed E-state index contributed by atoms with van der Waals surface area (Å²) in [6.07, 6.45) is 4.11. The SMILES string of the molecule is COc1nc(Cl)c(F)c2c(C3CC3)c(C3CC3)[nH]c(=O)c12. The molecule has 0 aromatic carbocycles. The van der Waals surface area contributed by atoms with Crippen LogP contribution in [0.25, 0.3) is 10.8 Å². The van der Waals surface area contributed by atoms with E-state index in [1.807, 2.05) is 0 Å². The summed E-state index contributed by atoms with van der Waals surface area (Å²) in [4.78, 5) is 19.2. The molecule has 2 aliphatic carbocycles. The van der Waals surface area contributed by atoms with Gasteiger partial charge in [0, 0.05) is 11.1 Å². The number of fused-ring (bicyclic) bond motifs is 1. The largest absolute Gasteiger partial charge is 0.480 e. The monoisotopic (exact) mass is 308 g/mol. The molecule has 0 amide bonds. The van der Waals surface area contributed by atoms with Crippen LogP contribution in [0.3, 0.4) is 0 Å². The van der Waals surface area contributed by atoms with Crippen molar-refractivity contribution in [3.63, 3.8) is 0 Å². The molecule has 0 aliphatic heterocycles. The molecular weight excluding hydrogens is 295 g/mol. The fourth-order valence-electron chi connectivity index (χ4n) is 3.00. The maximum absolute atomic E-state index is 14.6. The minimum Gasteiger partial charge on any atom is -0.480 e. The van der Waals surface area contributed by atoms with Crippen LogP contribution in [0.4, 0.5) is 4.39 Å². The standard InChI is InChI=1S/C15H14ClFN2O2/c1-21-15-10-9(11(17)13(16)19-15)8(6-2-3-6)12(7-4-5-7)18-14(10)20/h6-7H,2-5H2,1H3,(H,18,20). The molecule has 2 aliphatic rings. The number of hydrogen-bond acceptors (Lipinski definition) is 3. The number of hydrogen-bond donors (Lipinski definition) is 1. The third kappa shape index (κ3) is 1.94. The summed E-state index contributed by atoms with van der Waals surface area (Å²) in [5.41, 5.74) is 1.45. The maximum Gasteiger partial charge on any atom is 0.261 e. The van der Waals surface area contributed by atoms with E-state index in [-0.39, 0.29) is 22.0 Å². The van der Waals surface area contributed by atoms with Crippen LogP contribution in [0.5, 0.6) is 5.88 Å². The molecule has 0 spiro atoms. The average Bonchev–Trinajstić information content (AvgIpc) is 3.34. The highest BCUT2D eigenvalue weighted by atomic mass is 35.5. The molecule has 6 heteroatoms. The van der Waals surface area contributed by atoms with Crippen molar-refractivity contribution in [2.24, 2.45) is 0 Å². The Hall–Kier alpha value is -1.62. The van der Waals surface area contributed by atoms with Crippen molar-refractivity contribution in [1.82, 2.24) is 9.97 Å². The molecule has 4 rings (SSSR count). The van der Waals surface area contributed by atoms with Crippen molar-refractivity contribution in [2.45, 2.75) is 37.5 Å². The lowest BCUT2D eigenvalue weighted by atomic mass is 9.98. The molecule has 2 fully saturated rings. The fourth-order valence-corrected chi connectivity index (χ4v) is 3.17. The first-order chi connectivity index (χ1) is 10.1. The zero-order valence-corrected chi connectivity index (χ0v) is 12.3. The van der Waals surface area contributed by atoms with Gasteiger partial charge in [-0.15, -0.1) is 0 Å². The molecule has 0 unspecified atom stereocenters. The first-order valence-corrected chi connectivity index (χ1v) is 7.48. The summed E-state index contributed by atoms with van der Waals surface area (Å²) >= 11 is 5.89. The van der Waals surface area contributed by atoms with Crippen LogP contribution in [0.1, 0.15) is 48.8 Å². The van der Waals surface area contributed by atoms with Gasteiger partial charge in [0.15, 0.2) is 11.0 Å². The van der Waals surface area contributed by atoms with Gasteiger partial charge in [0.25, 0.3) is 5.56 Å². The number of ether oxygens (including phenoxy) is 1. The summed E-state index contributed by atoms with van der Waals surface area (Å²) in [6, 6.07) is 0. The van der Waals surface area contributed by atoms with Crippen molar-refractivity contribution in [1.29, 1.82) is 0 Å². The van der Waals surface area contributed by atoms with Crippen LogP contribution in [0.15, 0.2) is 4.79 Å². The molecule has 1 N–H and O–H groups in total. The minimum absolute atomic E-state index is 0.0851. The number of halogens is 2. The molecule has 0 radical (unpaired) electrons. The molecule has 2 aromatic rings. The normalized spacial score (nSPS) is 18.2. The third-order valence-electron chi connectivity index (χ3n) is 4.26. The lowest BCUT2D eigenvalue weighted by Crippen LogP contribution is -2.15. The number of H-pyrrole nitrogens is 1. The summed E-state index contributed by atoms with van der Waals surface area (Å²) in [5, 5.41) is 0.235.